The molecular formula is C14H17N3O4S. The first-order valence-corrected chi connectivity index (χ1v) is 8.26. The Morgan fingerprint density at radius 3 is 2.64 bits per heavy atom. The molecular weight excluding hydrogens is 306 g/mol. The van der Waals surface area contributed by atoms with E-state index in [4.69, 9.17) is 4.52 Å². The van der Waals surface area contributed by atoms with Crippen molar-refractivity contribution in [1.29, 1.82) is 0 Å². The number of aromatic nitrogens is 1. The van der Waals surface area contributed by atoms with Gasteiger partial charge >= 0.3 is 0 Å². The Morgan fingerprint density at radius 2 is 2.00 bits per heavy atom. The van der Waals surface area contributed by atoms with E-state index in [1.54, 1.807) is 25.1 Å². The van der Waals surface area contributed by atoms with Gasteiger partial charge in [-0.15, -0.1) is 0 Å². The molecule has 1 aromatic carbocycles. The molecule has 22 heavy (non-hydrogen) atoms. The highest BCUT2D eigenvalue weighted by molar-refractivity contribution is 7.88. The fourth-order valence-electron chi connectivity index (χ4n) is 1.82. The van der Waals surface area contributed by atoms with Gasteiger partial charge in [0, 0.05) is 6.07 Å². The fraction of sp³-hybridized carbons (Fsp3) is 0.286. The van der Waals surface area contributed by atoms with Crippen LogP contribution in [0.5, 0.6) is 0 Å². The number of benzene rings is 1. The number of anilines is 1. The molecule has 0 saturated carbocycles. The second-order valence-electron chi connectivity index (χ2n) is 4.88. The zero-order chi connectivity index (χ0) is 16.2. The van der Waals surface area contributed by atoms with Crippen LogP contribution in [0, 0.1) is 13.8 Å². The quantitative estimate of drug-likeness (QED) is 0.835. The Bertz CT molecular complexity index is 768. The van der Waals surface area contributed by atoms with E-state index in [0.717, 1.165) is 5.56 Å². The third kappa shape index (κ3) is 4.68. The summed E-state index contributed by atoms with van der Waals surface area (Å²) in [7, 11) is -3.59. The van der Waals surface area contributed by atoms with Gasteiger partial charge in [-0.05, 0) is 25.0 Å². The lowest BCUT2D eigenvalue weighted by molar-refractivity contribution is -0.115. The topological polar surface area (TPSA) is 101 Å². The highest BCUT2D eigenvalue weighted by Crippen LogP contribution is 2.10. The van der Waals surface area contributed by atoms with Gasteiger partial charge < -0.3 is 9.84 Å². The van der Waals surface area contributed by atoms with E-state index in [2.05, 4.69) is 15.2 Å². The molecule has 2 N–H and O–H groups in total. The normalized spacial score (nSPS) is 11.4. The molecule has 0 unspecified atom stereocenters. The first-order chi connectivity index (χ1) is 10.4. The Balaban J connectivity index is 1.89. The number of amides is 1. The second-order valence-corrected chi connectivity index (χ2v) is 6.68. The molecule has 0 spiro atoms. The van der Waals surface area contributed by atoms with E-state index < -0.39 is 15.9 Å². The standard InChI is InChI=1S/C14H17N3O4S/c1-10-5-3-4-6-12(10)9-22(19,20)15-8-14(18)16-13-7-11(2)21-17-13/h3-7,15H,8-9H2,1-2H3,(H,16,17,18). The van der Waals surface area contributed by atoms with Crippen molar-refractivity contribution in [1.82, 2.24) is 9.88 Å². The largest absolute Gasteiger partial charge is 0.360 e. The number of aryl methyl sites for hydroxylation is 2. The maximum atomic E-state index is 12.0. The number of carbonyl (C=O) groups is 1. The van der Waals surface area contributed by atoms with E-state index in [9.17, 15) is 13.2 Å². The van der Waals surface area contributed by atoms with Crippen LogP contribution >= 0.6 is 0 Å². The number of hydrogen-bond donors (Lipinski definition) is 2. The van der Waals surface area contributed by atoms with E-state index in [0.29, 0.717) is 11.3 Å². The van der Waals surface area contributed by atoms with Gasteiger partial charge in [0.2, 0.25) is 15.9 Å². The molecule has 0 fully saturated rings. The van der Waals surface area contributed by atoms with Crippen molar-refractivity contribution in [3.05, 3.63) is 47.2 Å². The Morgan fingerprint density at radius 1 is 1.27 bits per heavy atom. The molecule has 0 radical (unpaired) electrons. The highest BCUT2D eigenvalue weighted by atomic mass is 32.2. The summed E-state index contributed by atoms with van der Waals surface area (Å²) in [4.78, 5) is 11.7. The van der Waals surface area contributed by atoms with Gasteiger partial charge in [0.15, 0.2) is 5.82 Å². The maximum Gasteiger partial charge on any atom is 0.240 e. The van der Waals surface area contributed by atoms with E-state index in [1.165, 1.54) is 0 Å². The molecule has 0 saturated heterocycles. The van der Waals surface area contributed by atoms with Crippen LogP contribution < -0.4 is 10.0 Å². The third-order valence-electron chi connectivity index (χ3n) is 2.95. The number of rotatable bonds is 6. The van der Waals surface area contributed by atoms with Crippen LogP contribution in [-0.4, -0.2) is 26.0 Å². The minimum atomic E-state index is -3.59. The lowest BCUT2D eigenvalue weighted by Crippen LogP contribution is -2.33. The molecule has 1 amide bonds. The molecule has 2 rings (SSSR count). The summed E-state index contributed by atoms with van der Waals surface area (Å²) in [6.07, 6.45) is 0. The molecule has 0 aliphatic rings. The lowest BCUT2D eigenvalue weighted by Gasteiger charge is -2.08. The number of nitrogens with zero attached hydrogens (tertiary/aromatic N) is 1. The van der Waals surface area contributed by atoms with Crippen molar-refractivity contribution in [2.45, 2.75) is 19.6 Å². The molecule has 118 valence electrons. The van der Waals surface area contributed by atoms with Crippen molar-refractivity contribution in [3.8, 4) is 0 Å². The zero-order valence-electron chi connectivity index (χ0n) is 12.3. The predicted octanol–water partition coefficient (Wildman–Crippen LogP) is 1.35. The van der Waals surface area contributed by atoms with Crippen LogP contribution in [0.1, 0.15) is 16.9 Å². The van der Waals surface area contributed by atoms with Crippen LogP contribution in [0.15, 0.2) is 34.9 Å². The molecule has 0 aliphatic heterocycles. The van der Waals surface area contributed by atoms with Crippen molar-refractivity contribution in [3.63, 3.8) is 0 Å². The van der Waals surface area contributed by atoms with E-state index in [1.807, 2.05) is 19.1 Å². The van der Waals surface area contributed by atoms with Gasteiger partial charge in [-0.3, -0.25) is 4.79 Å². The predicted molar refractivity (Wildman–Crippen MR) is 81.7 cm³/mol. The van der Waals surface area contributed by atoms with Gasteiger partial charge in [0.25, 0.3) is 0 Å². The first kappa shape index (κ1) is 16.2. The molecule has 2 aromatic rings. The number of sulfonamides is 1. The summed E-state index contributed by atoms with van der Waals surface area (Å²) in [6, 6.07) is 8.74. The van der Waals surface area contributed by atoms with E-state index >= 15 is 0 Å². The summed E-state index contributed by atoms with van der Waals surface area (Å²) < 4.78 is 31.0. The minimum absolute atomic E-state index is 0.171. The van der Waals surface area contributed by atoms with Gasteiger partial charge in [-0.1, -0.05) is 29.4 Å². The van der Waals surface area contributed by atoms with E-state index in [-0.39, 0.29) is 18.1 Å². The fourth-order valence-corrected chi connectivity index (χ4v) is 3.00. The summed E-state index contributed by atoms with van der Waals surface area (Å²) in [5.74, 6) is 0.119. The van der Waals surface area contributed by atoms with Crippen LogP contribution in [-0.2, 0) is 20.6 Å². The van der Waals surface area contributed by atoms with Gasteiger partial charge in [-0.25, -0.2) is 13.1 Å². The van der Waals surface area contributed by atoms with Crippen molar-refractivity contribution < 1.29 is 17.7 Å². The molecule has 7 nitrogen and oxygen atoms in total. The summed E-state index contributed by atoms with van der Waals surface area (Å²) in [5, 5.41) is 6.04. The smallest absolute Gasteiger partial charge is 0.240 e. The first-order valence-electron chi connectivity index (χ1n) is 6.61. The summed E-state index contributed by atoms with van der Waals surface area (Å²) in [6.45, 7) is 3.16. The SMILES string of the molecule is Cc1cc(NC(=O)CNS(=O)(=O)Cc2ccccc2C)no1. The summed E-state index contributed by atoms with van der Waals surface area (Å²) in [5.41, 5.74) is 1.58. The number of hydrogen-bond acceptors (Lipinski definition) is 5. The molecule has 1 heterocycles. The monoisotopic (exact) mass is 323 g/mol. The maximum absolute atomic E-state index is 12.0. The minimum Gasteiger partial charge on any atom is -0.360 e. The third-order valence-corrected chi connectivity index (χ3v) is 4.23. The van der Waals surface area contributed by atoms with Crippen LogP contribution in [0.3, 0.4) is 0 Å². The lowest BCUT2D eigenvalue weighted by atomic mass is 10.1. The van der Waals surface area contributed by atoms with Crippen LogP contribution in [0.4, 0.5) is 5.82 Å². The molecule has 0 aliphatic carbocycles. The average molecular weight is 323 g/mol. The number of carbonyl (C=O) groups excluding carboxylic acids is 1. The Hall–Kier alpha value is -2.19. The van der Waals surface area contributed by atoms with Gasteiger partial charge in [-0.2, -0.15) is 0 Å². The van der Waals surface area contributed by atoms with Gasteiger partial charge in [0.1, 0.15) is 5.76 Å². The molecule has 0 bridgehead atoms. The average Bonchev–Trinajstić information content (AvgIpc) is 2.84. The zero-order valence-corrected chi connectivity index (χ0v) is 13.1. The van der Waals surface area contributed by atoms with Crippen LogP contribution in [0.2, 0.25) is 0 Å². The van der Waals surface area contributed by atoms with Crippen molar-refractivity contribution >= 4 is 21.7 Å². The summed E-state index contributed by atoms with van der Waals surface area (Å²) >= 11 is 0. The van der Waals surface area contributed by atoms with Crippen molar-refractivity contribution in [2.24, 2.45) is 0 Å². The van der Waals surface area contributed by atoms with Crippen LogP contribution in [0.25, 0.3) is 0 Å². The molecule has 1 aromatic heterocycles. The Kier molecular flexibility index (Phi) is 4.94. The molecule has 8 heteroatoms. The second kappa shape index (κ2) is 6.71. The van der Waals surface area contributed by atoms with Gasteiger partial charge in [0.05, 0.1) is 12.3 Å². The Labute approximate surface area is 128 Å². The number of nitrogens with one attached hydrogen (secondary N) is 2. The highest BCUT2D eigenvalue weighted by Gasteiger charge is 2.15. The van der Waals surface area contributed by atoms with Crippen molar-refractivity contribution in [2.75, 3.05) is 11.9 Å². The molecule has 0 atom stereocenters.